The lowest BCUT2D eigenvalue weighted by molar-refractivity contribution is -0.103. The Balaban J connectivity index is 2.21. The Kier molecular flexibility index (Phi) is 1.44. The number of alkyl halides is 3. The van der Waals surface area contributed by atoms with Gasteiger partial charge in [-0.25, -0.2) is 8.78 Å². The van der Waals surface area contributed by atoms with Crippen LogP contribution in [0.3, 0.4) is 0 Å². The predicted molar refractivity (Wildman–Crippen MR) is 28.4 cm³/mol. The normalized spacial score (nSPS) is 27.4. The van der Waals surface area contributed by atoms with Crippen molar-refractivity contribution < 1.29 is 8.78 Å². The Labute approximate surface area is 51.8 Å². The molecule has 0 amide bonds. The summed E-state index contributed by atoms with van der Waals surface area (Å²) >= 11 is 5.30. The summed E-state index contributed by atoms with van der Waals surface area (Å²) in [6.45, 7) is 0. The zero-order valence-electron chi connectivity index (χ0n) is 4.33. The van der Waals surface area contributed by atoms with E-state index >= 15 is 0 Å². The van der Waals surface area contributed by atoms with Crippen molar-refractivity contribution >= 4 is 11.6 Å². The summed E-state index contributed by atoms with van der Waals surface area (Å²) in [6.07, 6.45) is -0.00694. The van der Waals surface area contributed by atoms with Gasteiger partial charge in [0, 0.05) is 18.7 Å². The van der Waals surface area contributed by atoms with Crippen LogP contribution < -0.4 is 0 Å². The molecule has 0 bridgehead atoms. The highest BCUT2D eigenvalue weighted by atomic mass is 35.5. The number of halogens is 3. The van der Waals surface area contributed by atoms with Gasteiger partial charge in [0.15, 0.2) is 0 Å². The molecule has 0 N–H and O–H groups in total. The Hall–Kier alpha value is 0.150. The van der Waals surface area contributed by atoms with E-state index in [1.165, 1.54) is 0 Å². The molecular formula is C5H7ClF2. The zero-order chi connectivity index (χ0) is 6.20. The molecule has 0 nitrogen and oxygen atoms in total. The van der Waals surface area contributed by atoms with E-state index in [2.05, 4.69) is 0 Å². The van der Waals surface area contributed by atoms with Gasteiger partial charge in [0.1, 0.15) is 0 Å². The van der Waals surface area contributed by atoms with Crippen LogP contribution in [0.5, 0.6) is 0 Å². The van der Waals surface area contributed by atoms with Crippen LogP contribution in [-0.4, -0.2) is 11.8 Å². The van der Waals surface area contributed by atoms with Gasteiger partial charge in [0.05, 0.1) is 0 Å². The van der Waals surface area contributed by atoms with Crippen LogP contribution in [0.2, 0.25) is 0 Å². The molecule has 48 valence electrons. The first-order valence-corrected chi connectivity index (χ1v) is 3.11. The summed E-state index contributed by atoms with van der Waals surface area (Å²) in [5.74, 6) is -1.93. The lowest BCUT2D eigenvalue weighted by Gasteiger charge is -2.33. The van der Waals surface area contributed by atoms with Gasteiger partial charge >= 0.3 is 0 Å². The molecule has 1 aliphatic carbocycles. The van der Waals surface area contributed by atoms with Crippen molar-refractivity contribution in [2.24, 2.45) is 5.92 Å². The first kappa shape index (κ1) is 6.27. The van der Waals surface area contributed by atoms with Crippen LogP contribution in [0.1, 0.15) is 12.8 Å². The Morgan fingerprint density at radius 1 is 1.50 bits per heavy atom. The average Bonchev–Trinajstić information content (AvgIpc) is 1.60. The highest BCUT2D eigenvalue weighted by molar-refractivity contribution is 6.18. The summed E-state index contributed by atoms with van der Waals surface area (Å²) < 4.78 is 23.8. The fourth-order valence-corrected chi connectivity index (χ4v) is 1.11. The highest BCUT2D eigenvalue weighted by Gasteiger charge is 2.44. The second-order valence-electron chi connectivity index (χ2n) is 2.28. The van der Waals surface area contributed by atoms with Gasteiger partial charge in [-0.3, -0.25) is 0 Å². The minimum atomic E-state index is -2.39. The molecule has 1 saturated carbocycles. The molecule has 0 spiro atoms. The molecule has 0 unspecified atom stereocenters. The third kappa shape index (κ3) is 1.10. The molecule has 3 heteroatoms. The summed E-state index contributed by atoms with van der Waals surface area (Å²) in [7, 11) is 0. The zero-order valence-corrected chi connectivity index (χ0v) is 5.09. The molecule has 0 atom stereocenters. The van der Waals surface area contributed by atoms with Crippen LogP contribution in [0.4, 0.5) is 8.78 Å². The van der Waals surface area contributed by atoms with Crippen molar-refractivity contribution in [3.8, 4) is 0 Å². The van der Waals surface area contributed by atoms with Crippen molar-refractivity contribution in [2.75, 3.05) is 5.88 Å². The van der Waals surface area contributed by atoms with Crippen LogP contribution >= 0.6 is 11.6 Å². The smallest absolute Gasteiger partial charge is 0.207 e. The van der Waals surface area contributed by atoms with E-state index in [0.29, 0.717) is 5.88 Å². The lowest BCUT2D eigenvalue weighted by Crippen LogP contribution is -2.36. The fourth-order valence-electron chi connectivity index (χ4n) is 0.894. The summed E-state index contributed by atoms with van der Waals surface area (Å²) in [4.78, 5) is 0. The number of hydrogen-bond acceptors (Lipinski definition) is 0. The van der Waals surface area contributed by atoms with Gasteiger partial charge in [-0.05, 0) is 5.92 Å². The van der Waals surface area contributed by atoms with Crippen molar-refractivity contribution in [3.05, 3.63) is 0 Å². The van der Waals surface area contributed by atoms with Gasteiger partial charge in [-0.2, -0.15) is 0 Å². The molecule has 0 radical (unpaired) electrons. The maximum atomic E-state index is 11.9. The summed E-state index contributed by atoms with van der Waals surface area (Å²) in [6, 6.07) is 0. The van der Waals surface area contributed by atoms with Crippen LogP contribution in [0.15, 0.2) is 0 Å². The third-order valence-electron chi connectivity index (χ3n) is 1.39. The molecule has 1 rings (SSSR count). The van der Waals surface area contributed by atoms with Crippen molar-refractivity contribution in [2.45, 2.75) is 18.8 Å². The Morgan fingerprint density at radius 3 is 2.12 bits per heavy atom. The van der Waals surface area contributed by atoms with Crippen LogP contribution in [0.25, 0.3) is 0 Å². The van der Waals surface area contributed by atoms with E-state index in [0.717, 1.165) is 0 Å². The van der Waals surface area contributed by atoms with E-state index < -0.39 is 5.92 Å². The van der Waals surface area contributed by atoms with E-state index in [-0.39, 0.29) is 18.8 Å². The molecule has 0 aliphatic heterocycles. The van der Waals surface area contributed by atoms with E-state index in [1.807, 2.05) is 0 Å². The van der Waals surface area contributed by atoms with Gasteiger partial charge < -0.3 is 0 Å². The van der Waals surface area contributed by atoms with Crippen molar-refractivity contribution in [3.63, 3.8) is 0 Å². The fraction of sp³-hybridized carbons (Fsp3) is 1.00. The van der Waals surface area contributed by atoms with Crippen molar-refractivity contribution in [1.82, 2.24) is 0 Å². The molecular weight excluding hydrogens is 134 g/mol. The third-order valence-corrected chi connectivity index (χ3v) is 1.83. The monoisotopic (exact) mass is 140 g/mol. The summed E-state index contributed by atoms with van der Waals surface area (Å²) in [5, 5.41) is 0. The van der Waals surface area contributed by atoms with Gasteiger partial charge in [0.25, 0.3) is 0 Å². The molecule has 0 aromatic heterocycles. The first-order chi connectivity index (χ1) is 3.64. The predicted octanol–water partition coefficient (Wildman–Crippen LogP) is 2.27. The van der Waals surface area contributed by atoms with Crippen LogP contribution in [0, 0.1) is 5.92 Å². The minimum Gasteiger partial charge on any atom is -0.207 e. The maximum Gasteiger partial charge on any atom is 0.248 e. The summed E-state index contributed by atoms with van der Waals surface area (Å²) in [5.41, 5.74) is 0. The molecule has 0 aromatic rings. The maximum absolute atomic E-state index is 11.9. The topological polar surface area (TPSA) is 0 Å². The second-order valence-corrected chi connectivity index (χ2v) is 2.59. The number of hydrogen-bond donors (Lipinski definition) is 0. The average molecular weight is 141 g/mol. The lowest BCUT2D eigenvalue weighted by atomic mass is 9.83. The largest absolute Gasteiger partial charge is 0.248 e. The van der Waals surface area contributed by atoms with Gasteiger partial charge in [-0.1, -0.05) is 0 Å². The SMILES string of the molecule is FC1(F)CC(CCl)C1. The van der Waals surface area contributed by atoms with E-state index in [4.69, 9.17) is 11.6 Å². The molecule has 0 saturated heterocycles. The molecule has 0 aromatic carbocycles. The van der Waals surface area contributed by atoms with Crippen molar-refractivity contribution in [1.29, 1.82) is 0 Å². The molecule has 0 heterocycles. The molecule has 1 fully saturated rings. The second kappa shape index (κ2) is 1.83. The molecule has 8 heavy (non-hydrogen) atoms. The quantitative estimate of drug-likeness (QED) is 0.490. The van der Waals surface area contributed by atoms with E-state index in [9.17, 15) is 8.78 Å². The van der Waals surface area contributed by atoms with Gasteiger partial charge in [-0.15, -0.1) is 11.6 Å². The van der Waals surface area contributed by atoms with Crippen LogP contribution in [-0.2, 0) is 0 Å². The Bertz CT molecular complexity index is 84.4. The molecule has 1 aliphatic rings. The standard InChI is InChI=1S/C5H7ClF2/c6-3-4-1-5(7,8)2-4/h4H,1-3H2. The minimum absolute atomic E-state index is 0.00347. The first-order valence-electron chi connectivity index (χ1n) is 2.58. The van der Waals surface area contributed by atoms with Gasteiger partial charge in [0.2, 0.25) is 5.92 Å². The Morgan fingerprint density at radius 2 is 2.00 bits per heavy atom. The highest BCUT2D eigenvalue weighted by Crippen LogP contribution is 2.42. The number of rotatable bonds is 1. The van der Waals surface area contributed by atoms with E-state index in [1.54, 1.807) is 0 Å².